The summed E-state index contributed by atoms with van der Waals surface area (Å²) in [5.74, 6) is -0.960. The predicted molar refractivity (Wildman–Crippen MR) is 339 cm³/mol. The van der Waals surface area contributed by atoms with Gasteiger partial charge in [-0.05, 0) is 141 Å². The molecule has 0 heterocycles. The van der Waals surface area contributed by atoms with Crippen LogP contribution in [-0.2, 0) is 28.6 Å². The number of hydrogen-bond donors (Lipinski definition) is 0. The number of carbonyl (C=O) groups excluding carboxylic acids is 3. The maximum atomic E-state index is 12.9. The third-order valence-electron chi connectivity index (χ3n) is 13.1. The van der Waals surface area contributed by atoms with E-state index in [2.05, 4.69) is 167 Å². The van der Waals surface area contributed by atoms with Crippen LogP contribution in [0.5, 0.6) is 0 Å². The molecular weight excluding hydrogens is 961 g/mol. The van der Waals surface area contributed by atoms with Crippen molar-refractivity contribution in [1.29, 1.82) is 0 Å². The van der Waals surface area contributed by atoms with Gasteiger partial charge in [-0.15, -0.1) is 0 Å². The molecule has 0 aliphatic rings. The molecule has 0 saturated carbocycles. The van der Waals surface area contributed by atoms with Gasteiger partial charge in [0.15, 0.2) is 6.10 Å². The minimum atomic E-state index is -0.811. The van der Waals surface area contributed by atoms with Crippen molar-refractivity contribution in [2.75, 3.05) is 13.2 Å². The Hall–Kier alpha value is -4.71. The van der Waals surface area contributed by atoms with E-state index < -0.39 is 6.10 Å². The van der Waals surface area contributed by atoms with Crippen molar-refractivity contribution in [3.63, 3.8) is 0 Å². The Balaban J connectivity index is 4.50. The molecule has 0 aromatic carbocycles. The zero-order valence-electron chi connectivity index (χ0n) is 50.4. The first-order chi connectivity index (χ1) is 38.5. The highest BCUT2D eigenvalue weighted by molar-refractivity contribution is 5.71. The number of rotatable bonds is 56. The number of carbonyl (C=O) groups is 3. The Morgan fingerprint density at radius 1 is 0.269 bits per heavy atom. The van der Waals surface area contributed by atoms with Crippen LogP contribution in [0, 0.1) is 0 Å². The summed E-state index contributed by atoms with van der Waals surface area (Å²) >= 11 is 0. The molecule has 78 heavy (non-hydrogen) atoms. The molecule has 0 aliphatic heterocycles. The van der Waals surface area contributed by atoms with E-state index in [0.717, 1.165) is 161 Å². The highest BCUT2D eigenvalue weighted by Gasteiger charge is 2.19. The van der Waals surface area contributed by atoms with Gasteiger partial charge in [-0.2, -0.15) is 0 Å². The van der Waals surface area contributed by atoms with Crippen LogP contribution in [-0.4, -0.2) is 37.2 Å². The normalized spacial score (nSPS) is 13.1. The van der Waals surface area contributed by atoms with Crippen molar-refractivity contribution >= 4 is 17.9 Å². The number of ether oxygens (including phenoxy) is 3. The summed E-state index contributed by atoms with van der Waals surface area (Å²) in [4.78, 5) is 38.3. The molecule has 0 saturated heterocycles. The highest BCUT2D eigenvalue weighted by atomic mass is 16.6. The van der Waals surface area contributed by atoms with Gasteiger partial charge in [-0.25, -0.2) is 0 Å². The van der Waals surface area contributed by atoms with Gasteiger partial charge in [0.05, 0.1) is 0 Å². The summed E-state index contributed by atoms with van der Waals surface area (Å²) in [6, 6.07) is 0. The first-order valence-corrected chi connectivity index (χ1v) is 31.8. The first kappa shape index (κ1) is 73.3. The lowest BCUT2D eigenvalue weighted by molar-refractivity contribution is -0.167. The topological polar surface area (TPSA) is 78.9 Å². The van der Waals surface area contributed by atoms with Crippen LogP contribution >= 0.6 is 0 Å². The Morgan fingerprint density at radius 2 is 0.500 bits per heavy atom. The molecule has 0 rings (SSSR count). The molecule has 0 radical (unpaired) electrons. The predicted octanol–water partition coefficient (Wildman–Crippen LogP) is 21.9. The average Bonchev–Trinajstić information content (AvgIpc) is 3.44. The van der Waals surface area contributed by atoms with Gasteiger partial charge in [-0.1, -0.05) is 256 Å². The number of allylic oxidation sites excluding steroid dienone is 24. The first-order valence-electron chi connectivity index (χ1n) is 31.8. The standard InChI is InChI=1S/C72H116O6/c1-4-7-10-13-16-19-22-25-28-31-33-34-35-36-37-38-40-41-44-47-50-53-56-59-62-65-71(74)77-68-69(67-76-70(73)64-61-58-55-52-49-46-43-30-27-24-21-18-15-12-9-6-3)78-72(75)66-63-60-57-54-51-48-45-42-39-32-29-26-23-20-17-14-11-8-5-2/h7-8,10-11,16-17,19-20,25-26,28-30,33-34,36-37,39-43,47,50,69H,4-6,9,12-15,18,21-24,27,31-32,35,38,44-46,48-49,51-68H2,1-3H3/b10-7-,11-8-,19-16-,20-17-,28-25-,29-26-,34-33-,37-36-,41-40-,42-39-,43-30-,50-47-. The van der Waals surface area contributed by atoms with Crippen molar-refractivity contribution in [3.8, 4) is 0 Å². The van der Waals surface area contributed by atoms with E-state index in [-0.39, 0.29) is 31.1 Å². The van der Waals surface area contributed by atoms with Gasteiger partial charge >= 0.3 is 17.9 Å². The van der Waals surface area contributed by atoms with E-state index in [0.29, 0.717) is 19.3 Å². The van der Waals surface area contributed by atoms with E-state index in [1.807, 2.05) is 0 Å². The lowest BCUT2D eigenvalue weighted by Gasteiger charge is -2.18. The Labute approximate surface area is 480 Å². The molecule has 0 aromatic rings. The van der Waals surface area contributed by atoms with Crippen LogP contribution in [0.2, 0.25) is 0 Å². The van der Waals surface area contributed by atoms with Gasteiger partial charge < -0.3 is 14.2 Å². The molecule has 1 unspecified atom stereocenters. The van der Waals surface area contributed by atoms with E-state index in [1.165, 1.54) is 70.6 Å². The van der Waals surface area contributed by atoms with Crippen LogP contribution in [0.15, 0.2) is 146 Å². The van der Waals surface area contributed by atoms with Crippen LogP contribution in [0.25, 0.3) is 0 Å². The van der Waals surface area contributed by atoms with Crippen LogP contribution in [0.1, 0.15) is 271 Å². The molecule has 0 amide bonds. The molecule has 6 nitrogen and oxygen atoms in total. The molecule has 0 aromatic heterocycles. The smallest absolute Gasteiger partial charge is 0.306 e. The molecule has 0 fully saturated rings. The quantitative estimate of drug-likeness (QED) is 0.0261. The maximum absolute atomic E-state index is 12.9. The SMILES string of the molecule is CC/C=C\C/C=C\C/C=C\C/C=C\C/C=C\C/C=C\C/C=C\CCCCCC(=O)OCC(COC(=O)CCCCCCC/C=C\CCCCCCCCC)OC(=O)CCCCCCCC/C=C\C/C=C\C/C=C\C/C=C\CC. The third-order valence-corrected chi connectivity index (χ3v) is 13.1. The van der Waals surface area contributed by atoms with Crippen molar-refractivity contribution in [2.24, 2.45) is 0 Å². The number of unbranched alkanes of at least 4 members (excludes halogenated alkanes) is 21. The molecule has 0 bridgehead atoms. The maximum Gasteiger partial charge on any atom is 0.306 e. The van der Waals surface area contributed by atoms with Gasteiger partial charge in [0.1, 0.15) is 13.2 Å². The molecular formula is C72H116O6. The minimum absolute atomic E-state index is 0.104. The van der Waals surface area contributed by atoms with Crippen molar-refractivity contribution in [2.45, 2.75) is 277 Å². The molecule has 0 N–H and O–H groups in total. The highest BCUT2D eigenvalue weighted by Crippen LogP contribution is 2.14. The molecule has 0 aliphatic carbocycles. The van der Waals surface area contributed by atoms with Gasteiger partial charge in [0, 0.05) is 19.3 Å². The summed E-state index contributed by atoms with van der Waals surface area (Å²) < 4.78 is 16.9. The fourth-order valence-electron chi connectivity index (χ4n) is 8.35. The fourth-order valence-corrected chi connectivity index (χ4v) is 8.35. The summed E-state index contributed by atoms with van der Waals surface area (Å²) in [5, 5.41) is 0. The van der Waals surface area contributed by atoms with Crippen LogP contribution in [0.4, 0.5) is 0 Å². The van der Waals surface area contributed by atoms with Gasteiger partial charge in [0.2, 0.25) is 0 Å². The van der Waals surface area contributed by atoms with Gasteiger partial charge in [-0.3, -0.25) is 14.4 Å². The number of esters is 3. The minimum Gasteiger partial charge on any atom is -0.462 e. The fraction of sp³-hybridized carbons (Fsp3) is 0.625. The second kappa shape index (κ2) is 64.8. The second-order valence-electron chi connectivity index (χ2n) is 20.5. The second-order valence-corrected chi connectivity index (χ2v) is 20.5. The molecule has 0 spiro atoms. The van der Waals surface area contributed by atoms with Crippen LogP contribution in [0.3, 0.4) is 0 Å². The van der Waals surface area contributed by atoms with E-state index in [4.69, 9.17) is 14.2 Å². The molecule has 6 heteroatoms. The zero-order chi connectivity index (χ0) is 56.4. The summed E-state index contributed by atoms with van der Waals surface area (Å²) in [5.41, 5.74) is 0. The van der Waals surface area contributed by atoms with Crippen LogP contribution < -0.4 is 0 Å². The lowest BCUT2D eigenvalue weighted by atomic mass is 10.1. The Bertz CT molecular complexity index is 1710. The molecule has 440 valence electrons. The lowest BCUT2D eigenvalue weighted by Crippen LogP contribution is -2.30. The van der Waals surface area contributed by atoms with Crippen molar-refractivity contribution in [1.82, 2.24) is 0 Å². The Morgan fingerprint density at radius 3 is 0.808 bits per heavy atom. The summed E-state index contributed by atoms with van der Waals surface area (Å²) in [6.45, 7) is 6.37. The summed E-state index contributed by atoms with van der Waals surface area (Å²) in [6.07, 6.45) is 92.7. The Kier molecular flexibility index (Phi) is 60.9. The van der Waals surface area contributed by atoms with E-state index in [1.54, 1.807) is 0 Å². The van der Waals surface area contributed by atoms with E-state index in [9.17, 15) is 14.4 Å². The number of hydrogen-bond acceptors (Lipinski definition) is 6. The average molecular weight is 1080 g/mol. The monoisotopic (exact) mass is 1080 g/mol. The third kappa shape index (κ3) is 62.1. The van der Waals surface area contributed by atoms with E-state index >= 15 is 0 Å². The van der Waals surface area contributed by atoms with Gasteiger partial charge in [0.25, 0.3) is 0 Å². The van der Waals surface area contributed by atoms with Crippen molar-refractivity contribution in [3.05, 3.63) is 146 Å². The summed E-state index contributed by atoms with van der Waals surface area (Å²) in [7, 11) is 0. The zero-order valence-corrected chi connectivity index (χ0v) is 50.4. The molecule has 1 atom stereocenters. The largest absolute Gasteiger partial charge is 0.462 e. The van der Waals surface area contributed by atoms with Crippen molar-refractivity contribution < 1.29 is 28.6 Å².